The molecule has 2 aromatic rings. The molecule has 4 heteroatoms. The summed E-state index contributed by atoms with van der Waals surface area (Å²) < 4.78 is 1.75. The van der Waals surface area contributed by atoms with Crippen molar-refractivity contribution >= 4 is 11.0 Å². The normalized spacial score (nSPS) is 9.57. The summed E-state index contributed by atoms with van der Waals surface area (Å²) in [5.74, 6) is 0. The number of nitriles is 2. The Hall–Kier alpha value is -2.33. The van der Waals surface area contributed by atoms with Crippen molar-refractivity contribution in [2.75, 3.05) is 0 Å². The third-order valence-corrected chi connectivity index (χ3v) is 1.99. The molecule has 0 radical (unpaired) electrons. The topological polar surface area (TPSA) is 65.4 Å². The monoisotopic (exact) mass is 182 g/mol. The molecular formula is C10H6N4. The zero-order chi connectivity index (χ0) is 9.97. The average Bonchev–Trinajstić information content (AvgIpc) is 2.61. The van der Waals surface area contributed by atoms with E-state index in [0.29, 0.717) is 5.56 Å². The number of aromatic nitrogens is 2. The van der Waals surface area contributed by atoms with Gasteiger partial charge in [-0.2, -0.15) is 10.5 Å². The Kier molecular flexibility index (Phi) is 1.89. The van der Waals surface area contributed by atoms with Gasteiger partial charge in [0.1, 0.15) is 6.54 Å². The molecule has 0 atom stereocenters. The summed E-state index contributed by atoms with van der Waals surface area (Å²) in [6.07, 6.45) is 1.61. The summed E-state index contributed by atoms with van der Waals surface area (Å²) in [6, 6.07) is 9.33. The van der Waals surface area contributed by atoms with Crippen molar-refractivity contribution in [3.8, 4) is 12.1 Å². The minimum atomic E-state index is 0.280. The Balaban J connectivity index is 2.62. The molecule has 66 valence electrons. The molecule has 0 N–H and O–H groups in total. The minimum Gasteiger partial charge on any atom is -0.317 e. The van der Waals surface area contributed by atoms with E-state index in [1.54, 1.807) is 29.1 Å². The van der Waals surface area contributed by atoms with Gasteiger partial charge in [0.2, 0.25) is 0 Å². The lowest BCUT2D eigenvalue weighted by Gasteiger charge is -1.95. The van der Waals surface area contributed by atoms with Gasteiger partial charge in [0.25, 0.3) is 0 Å². The van der Waals surface area contributed by atoms with Crippen LogP contribution in [0.4, 0.5) is 0 Å². The second kappa shape index (κ2) is 3.20. The highest BCUT2D eigenvalue weighted by atomic mass is 15.0. The smallest absolute Gasteiger partial charge is 0.111 e. The number of hydrogen-bond acceptors (Lipinski definition) is 3. The van der Waals surface area contributed by atoms with Gasteiger partial charge in [0.05, 0.1) is 35.1 Å². The predicted molar refractivity (Wildman–Crippen MR) is 50.1 cm³/mol. The van der Waals surface area contributed by atoms with Gasteiger partial charge in [0, 0.05) is 0 Å². The van der Waals surface area contributed by atoms with E-state index in [9.17, 15) is 0 Å². The molecule has 0 saturated carbocycles. The van der Waals surface area contributed by atoms with Crippen molar-refractivity contribution < 1.29 is 0 Å². The average molecular weight is 182 g/mol. The molecule has 0 aliphatic carbocycles. The van der Waals surface area contributed by atoms with Gasteiger partial charge >= 0.3 is 0 Å². The molecule has 0 aliphatic heterocycles. The van der Waals surface area contributed by atoms with Crippen LogP contribution in [-0.4, -0.2) is 9.55 Å². The van der Waals surface area contributed by atoms with Crippen molar-refractivity contribution in [2.24, 2.45) is 0 Å². The molecular weight excluding hydrogens is 176 g/mol. The van der Waals surface area contributed by atoms with E-state index >= 15 is 0 Å². The lowest BCUT2D eigenvalue weighted by atomic mass is 10.2. The first-order valence-corrected chi connectivity index (χ1v) is 4.07. The quantitative estimate of drug-likeness (QED) is 0.670. The number of hydrogen-bond donors (Lipinski definition) is 0. The lowest BCUT2D eigenvalue weighted by molar-refractivity contribution is 0.860. The minimum absolute atomic E-state index is 0.280. The van der Waals surface area contributed by atoms with Crippen molar-refractivity contribution in [1.82, 2.24) is 9.55 Å². The second-order valence-electron chi connectivity index (χ2n) is 2.85. The number of imidazole rings is 1. The van der Waals surface area contributed by atoms with Crippen molar-refractivity contribution in [1.29, 1.82) is 10.5 Å². The molecule has 0 unspecified atom stereocenters. The van der Waals surface area contributed by atoms with Crippen LogP contribution in [0.2, 0.25) is 0 Å². The molecule has 0 aliphatic rings. The van der Waals surface area contributed by atoms with E-state index in [2.05, 4.69) is 4.98 Å². The molecule has 0 fully saturated rings. The van der Waals surface area contributed by atoms with E-state index < -0.39 is 0 Å². The van der Waals surface area contributed by atoms with Crippen LogP contribution in [0, 0.1) is 22.7 Å². The number of fused-ring (bicyclic) bond motifs is 1. The van der Waals surface area contributed by atoms with E-state index in [0.717, 1.165) is 11.0 Å². The molecule has 1 heterocycles. The van der Waals surface area contributed by atoms with Crippen LogP contribution in [0.25, 0.3) is 11.0 Å². The maximum atomic E-state index is 8.67. The SMILES string of the molecule is N#CCn1cnc2cc(C#N)ccc21. The first-order chi connectivity index (χ1) is 6.85. The standard InChI is InChI=1S/C10H6N4/c11-3-4-14-7-13-9-5-8(6-12)1-2-10(9)14/h1-2,5,7H,4H2. The van der Waals surface area contributed by atoms with Crippen LogP contribution in [0.3, 0.4) is 0 Å². The third kappa shape index (κ3) is 1.19. The molecule has 1 aromatic carbocycles. The molecule has 2 rings (SSSR count). The summed E-state index contributed by atoms with van der Waals surface area (Å²) in [5, 5.41) is 17.2. The molecule has 0 saturated heterocycles. The van der Waals surface area contributed by atoms with Crippen molar-refractivity contribution in [3.05, 3.63) is 30.1 Å². The van der Waals surface area contributed by atoms with Crippen molar-refractivity contribution in [2.45, 2.75) is 6.54 Å². The van der Waals surface area contributed by atoms with Crippen LogP contribution in [0.5, 0.6) is 0 Å². The van der Waals surface area contributed by atoms with Crippen LogP contribution in [0.15, 0.2) is 24.5 Å². The number of nitrogens with zero attached hydrogens (tertiary/aromatic N) is 4. The van der Waals surface area contributed by atoms with Crippen LogP contribution < -0.4 is 0 Å². The van der Waals surface area contributed by atoms with E-state index in [4.69, 9.17) is 10.5 Å². The van der Waals surface area contributed by atoms with E-state index in [1.807, 2.05) is 12.1 Å². The summed E-state index contributed by atoms with van der Waals surface area (Å²) in [4.78, 5) is 4.11. The second-order valence-corrected chi connectivity index (χ2v) is 2.85. The van der Waals surface area contributed by atoms with Gasteiger partial charge in [-0.05, 0) is 18.2 Å². The third-order valence-electron chi connectivity index (χ3n) is 1.99. The van der Waals surface area contributed by atoms with Gasteiger partial charge in [-0.15, -0.1) is 0 Å². The number of rotatable bonds is 1. The zero-order valence-electron chi connectivity index (χ0n) is 7.31. The largest absolute Gasteiger partial charge is 0.317 e. The molecule has 0 amide bonds. The van der Waals surface area contributed by atoms with E-state index in [-0.39, 0.29) is 6.54 Å². The number of benzene rings is 1. The first-order valence-electron chi connectivity index (χ1n) is 4.07. The van der Waals surface area contributed by atoms with Gasteiger partial charge in [-0.25, -0.2) is 4.98 Å². The highest BCUT2D eigenvalue weighted by Crippen LogP contribution is 2.13. The molecule has 14 heavy (non-hydrogen) atoms. The van der Waals surface area contributed by atoms with Gasteiger partial charge in [-0.1, -0.05) is 0 Å². The van der Waals surface area contributed by atoms with E-state index in [1.165, 1.54) is 0 Å². The fourth-order valence-electron chi connectivity index (χ4n) is 1.34. The molecule has 0 bridgehead atoms. The Morgan fingerprint density at radius 1 is 1.36 bits per heavy atom. The molecule has 1 aromatic heterocycles. The van der Waals surface area contributed by atoms with Gasteiger partial charge in [0.15, 0.2) is 0 Å². The predicted octanol–water partition coefficient (Wildman–Crippen LogP) is 1.43. The maximum Gasteiger partial charge on any atom is 0.111 e. The van der Waals surface area contributed by atoms with Gasteiger partial charge in [-0.3, -0.25) is 0 Å². The highest BCUT2D eigenvalue weighted by molar-refractivity contribution is 5.76. The highest BCUT2D eigenvalue weighted by Gasteiger charge is 2.02. The Morgan fingerprint density at radius 3 is 2.93 bits per heavy atom. The first kappa shape index (κ1) is 8.28. The molecule has 0 spiro atoms. The lowest BCUT2D eigenvalue weighted by Crippen LogP contribution is -1.92. The van der Waals surface area contributed by atoms with Crippen LogP contribution in [0.1, 0.15) is 5.56 Å². The summed E-state index contributed by atoms with van der Waals surface area (Å²) in [5.41, 5.74) is 2.21. The Labute approximate surface area is 80.6 Å². The van der Waals surface area contributed by atoms with Crippen LogP contribution >= 0.6 is 0 Å². The fraction of sp³-hybridized carbons (Fsp3) is 0.100. The van der Waals surface area contributed by atoms with Gasteiger partial charge < -0.3 is 4.57 Å². The molecule has 4 nitrogen and oxygen atoms in total. The summed E-state index contributed by atoms with van der Waals surface area (Å²) >= 11 is 0. The van der Waals surface area contributed by atoms with Crippen molar-refractivity contribution in [3.63, 3.8) is 0 Å². The summed E-state index contributed by atoms with van der Waals surface area (Å²) in [6.45, 7) is 0.280. The Morgan fingerprint density at radius 2 is 2.21 bits per heavy atom. The Bertz CT molecular complexity index is 553. The summed E-state index contributed by atoms with van der Waals surface area (Å²) in [7, 11) is 0. The maximum absolute atomic E-state index is 8.67. The fourth-order valence-corrected chi connectivity index (χ4v) is 1.34. The van der Waals surface area contributed by atoms with Crippen LogP contribution in [-0.2, 0) is 6.54 Å². The zero-order valence-corrected chi connectivity index (χ0v) is 7.31.